The number of fused-ring (bicyclic) bond motifs is 3. The summed E-state index contributed by atoms with van der Waals surface area (Å²) in [5, 5.41) is 21.7. The van der Waals surface area contributed by atoms with E-state index in [1.54, 1.807) is 6.07 Å². The van der Waals surface area contributed by atoms with Gasteiger partial charge in [-0.05, 0) is 89.0 Å². The van der Waals surface area contributed by atoms with Gasteiger partial charge in [0.2, 0.25) is 0 Å². The molecule has 0 aliphatic rings. The van der Waals surface area contributed by atoms with Crippen molar-refractivity contribution in [2.45, 2.75) is 0 Å². The Kier molecular flexibility index (Phi) is 9.60. The zero-order valence-electron chi connectivity index (χ0n) is 33.5. The molecule has 0 atom stereocenters. The lowest BCUT2D eigenvalue weighted by molar-refractivity contribution is 1.17. The third kappa shape index (κ3) is 7.01. The lowest BCUT2D eigenvalue weighted by Gasteiger charge is -2.21. The quantitative estimate of drug-likeness (QED) is 0.150. The minimum atomic E-state index is 0.404. The van der Waals surface area contributed by atoms with E-state index in [-0.39, 0.29) is 0 Å². The molecule has 290 valence electrons. The first kappa shape index (κ1) is 37.8. The molecule has 2 aromatic heterocycles. The Balaban J connectivity index is 1.31. The van der Waals surface area contributed by atoms with Gasteiger partial charge in [0.25, 0.3) is 0 Å². The van der Waals surface area contributed by atoms with Gasteiger partial charge in [0.05, 0.1) is 59.0 Å². The van der Waals surface area contributed by atoms with Crippen LogP contribution in [0.4, 0.5) is 11.4 Å². The predicted molar refractivity (Wildman–Crippen MR) is 251 cm³/mol. The summed E-state index contributed by atoms with van der Waals surface area (Å²) in [6, 6.07) is 66.1. The van der Waals surface area contributed by atoms with Crippen molar-refractivity contribution in [3.05, 3.63) is 222 Å². The number of aromatic nitrogens is 3. The summed E-state index contributed by atoms with van der Waals surface area (Å²) in [5.41, 5.74) is 14.2. The van der Waals surface area contributed by atoms with Gasteiger partial charge >= 0.3 is 0 Å². The summed E-state index contributed by atoms with van der Waals surface area (Å²) in [6.45, 7) is 15.4. The van der Waals surface area contributed by atoms with Crippen LogP contribution in [0.15, 0.2) is 188 Å². The van der Waals surface area contributed by atoms with Gasteiger partial charge in [0, 0.05) is 44.2 Å². The van der Waals surface area contributed by atoms with Crippen LogP contribution < -0.4 is 0 Å². The smallest absolute Gasteiger partial charge is 0.189 e. The molecule has 2 heterocycles. The Morgan fingerprint density at radius 1 is 0.413 bits per heavy atom. The monoisotopic (exact) mass is 801 g/mol. The summed E-state index contributed by atoms with van der Waals surface area (Å²) in [4.78, 5) is 17.8. The Hall–Kier alpha value is -9.40. The second-order valence-corrected chi connectivity index (χ2v) is 15.0. The number of nitriles is 2. The van der Waals surface area contributed by atoms with Gasteiger partial charge in [-0.1, -0.05) is 121 Å². The first-order chi connectivity index (χ1) is 31.0. The van der Waals surface area contributed by atoms with Crippen LogP contribution in [0.5, 0.6) is 0 Å². The first-order valence-electron chi connectivity index (χ1n) is 20.2. The number of benzene rings is 8. The van der Waals surface area contributed by atoms with E-state index in [4.69, 9.17) is 23.1 Å². The molecule has 0 fully saturated rings. The fraction of sp³-hybridized carbons (Fsp3) is 0. The molecule has 0 N–H and O–H groups in total. The predicted octanol–water partition coefficient (Wildman–Crippen LogP) is 14.4. The van der Waals surface area contributed by atoms with E-state index in [9.17, 15) is 10.5 Å². The zero-order valence-corrected chi connectivity index (χ0v) is 33.5. The third-order valence-electron chi connectivity index (χ3n) is 11.3. The SMILES string of the molecule is [C-]#[N+]c1ccc(-c2cc(-c3nc(-c4ccccc4)cc(-c4ccccc4)n3)cc(-c3ccc(C#N)cc3)c2-n2c3ccccc3c3cc(-c4cc(C#N)cc([N+]#[C-])c4)ccc32)cc1. The van der Waals surface area contributed by atoms with Crippen LogP contribution >= 0.6 is 0 Å². The summed E-state index contributed by atoms with van der Waals surface area (Å²) in [6.07, 6.45) is 0. The molecule has 63 heavy (non-hydrogen) atoms. The fourth-order valence-electron chi connectivity index (χ4n) is 8.27. The Labute approximate surface area is 364 Å². The Morgan fingerprint density at radius 2 is 0.968 bits per heavy atom. The van der Waals surface area contributed by atoms with Crippen molar-refractivity contribution in [2.75, 3.05) is 0 Å². The molecule has 0 spiro atoms. The minimum Gasteiger partial charge on any atom is -0.308 e. The van der Waals surface area contributed by atoms with Gasteiger partial charge in [-0.3, -0.25) is 0 Å². The lowest BCUT2D eigenvalue weighted by Crippen LogP contribution is -2.03. The molecular formula is C56H31N7. The standard InChI is InChI=1S/C56H31N7/c1-59-45-24-21-39(22-25-45)49-32-44(56-61-51(40-11-5-3-6-12-40)33-52(62-56)41-13-7-4-8-14-41)31-48(38-19-17-36(34-57)18-20-38)55(49)63-53-16-10-9-15-47(53)50-30-42(23-26-54(50)63)43-27-37(35-58)28-46(29-43)60-2/h3-33H. The molecule has 0 saturated heterocycles. The Bertz CT molecular complexity index is 3410. The maximum absolute atomic E-state index is 9.85. The highest BCUT2D eigenvalue weighted by atomic mass is 15.0. The van der Waals surface area contributed by atoms with Gasteiger partial charge in [0.1, 0.15) is 0 Å². The molecule has 10 aromatic rings. The first-order valence-corrected chi connectivity index (χ1v) is 20.2. The van der Waals surface area contributed by atoms with Crippen LogP contribution in [0.3, 0.4) is 0 Å². The van der Waals surface area contributed by atoms with Crippen molar-refractivity contribution < 1.29 is 0 Å². The van der Waals surface area contributed by atoms with Crippen molar-refractivity contribution in [2.24, 2.45) is 0 Å². The molecule has 8 aromatic carbocycles. The van der Waals surface area contributed by atoms with Crippen LogP contribution in [0, 0.1) is 35.8 Å². The summed E-state index contributed by atoms with van der Waals surface area (Å²) >= 11 is 0. The second-order valence-electron chi connectivity index (χ2n) is 15.0. The third-order valence-corrected chi connectivity index (χ3v) is 11.3. The normalized spacial score (nSPS) is 10.8. The van der Waals surface area contributed by atoms with Gasteiger partial charge in [0.15, 0.2) is 17.2 Å². The van der Waals surface area contributed by atoms with Crippen LogP contribution in [-0.4, -0.2) is 14.5 Å². The van der Waals surface area contributed by atoms with Gasteiger partial charge in [-0.2, -0.15) is 10.5 Å². The van der Waals surface area contributed by atoms with Crippen molar-refractivity contribution in [3.63, 3.8) is 0 Å². The maximum Gasteiger partial charge on any atom is 0.189 e. The summed E-state index contributed by atoms with van der Waals surface area (Å²) < 4.78 is 2.29. The molecular weight excluding hydrogens is 771 g/mol. The van der Waals surface area contributed by atoms with E-state index in [0.29, 0.717) is 28.3 Å². The average Bonchev–Trinajstić information content (AvgIpc) is 3.69. The summed E-state index contributed by atoms with van der Waals surface area (Å²) in [7, 11) is 0. The largest absolute Gasteiger partial charge is 0.308 e. The lowest BCUT2D eigenvalue weighted by atomic mass is 9.92. The number of para-hydroxylation sites is 1. The number of hydrogen-bond donors (Lipinski definition) is 0. The zero-order chi connectivity index (χ0) is 42.9. The molecule has 10 rings (SSSR count). The summed E-state index contributed by atoms with van der Waals surface area (Å²) in [5.74, 6) is 0.543. The number of hydrogen-bond acceptors (Lipinski definition) is 4. The molecule has 0 aliphatic heterocycles. The van der Waals surface area contributed by atoms with Crippen LogP contribution in [0.1, 0.15) is 11.1 Å². The van der Waals surface area contributed by atoms with E-state index in [1.165, 1.54) is 0 Å². The Morgan fingerprint density at radius 3 is 1.57 bits per heavy atom. The molecule has 7 nitrogen and oxygen atoms in total. The van der Waals surface area contributed by atoms with Crippen LogP contribution in [0.2, 0.25) is 0 Å². The van der Waals surface area contributed by atoms with Crippen molar-refractivity contribution in [3.8, 4) is 85.1 Å². The minimum absolute atomic E-state index is 0.404. The van der Waals surface area contributed by atoms with E-state index >= 15 is 0 Å². The topological polar surface area (TPSA) is 87.0 Å². The van der Waals surface area contributed by atoms with Crippen LogP contribution in [-0.2, 0) is 0 Å². The molecule has 0 saturated carbocycles. The van der Waals surface area contributed by atoms with Crippen LogP contribution in [0.25, 0.3) is 104 Å². The second kappa shape index (κ2) is 16.0. The molecule has 0 unspecified atom stereocenters. The van der Waals surface area contributed by atoms with Crippen molar-refractivity contribution in [1.82, 2.24) is 14.5 Å². The van der Waals surface area contributed by atoms with Gasteiger partial charge < -0.3 is 4.57 Å². The number of rotatable bonds is 7. The van der Waals surface area contributed by atoms with E-state index in [0.717, 1.165) is 89.0 Å². The van der Waals surface area contributed by atoms with Gasteiger partial charge in [-0.15, -0.1) is 0 Å². The fourth-order valence-corrected chi connectivity index (χ4v) is 8.27. The molecule has 0 amide bonds. The number of nitrogens with zero attached hydrogens (tertiary/aromatic N) is 7. The van der Waals surface area contributed by atoms with Gasteiger partial charge in [-0.25, -0.2) is 19.7 Å². The molecule has 0 radical (unpaired) electrons. The molecule has 7 heteroatoms. The highest BCUT2D eigenvalue weighted by Crippen LogP contribution is 2.45. The maximum atomic E-state index is 9.85. The molecule has 0 aliphatic carbocycles. The van der Waals surface area contributed by atoms with E-state index in [2.05, 4.69) is 62.8 Å². The van der Waals surface area contributed by atoms with Crippen molar-refractivity contribution >= 4 is 33.2 Å². The highest BCUT2D eigenvalue weighted by molar-refractivity contribution is 6.12. The molecule has 0 bridgehead atoms. The van der Waals surface area contributed by atoms with Crippen molar-refractivity contribution in [1.29, 1.82) is 10.5 Å². The van der Waals surface area contributed by atoms with E-state index < -0.39 is 0 Å². The highest BCUT2D eigenvalue weighted by Gasteiger charge is 2.23. The average molecular weight is 802 g/mol. The van der Waals surface area contributed by atoms with E-state index in [1.807, 2.05) is 146 Å².